The zero-order chi connectivity index (χ0) is 24.3. The number of morpholine rings is 1. The summed E-state index contributed by atoms with van der Waals surface area (Å²) in [6.07, 6.45) is -3.64. The summed E-state index contributed by atoms with van der Waals surface area (Å²) in [7, 11) is 0. The van der Waals surface area contributed by atoms with Gasteiger partial charge in [0.25, 0.3) is 5.91 Å². The van der Waals surface area contributed by atoms with E-state index in [-0.39, 0.29) is 23.3 Å². The lowest BCUT2D eigenvalue weighted by atomic mass is 9.95. The molecule has 0 spiro atoms. The molecule has 0 aliphatic carbocycles. The maximum absolute atomic E-state index is 14.6. The second-order valence-electron chi connectivity index (χ2n) is 8.40. The van der Waals surface area contributed by atoms with Crippen LogP contribution >= 0.6 is 0 Å². The van der Waals surface area contributed by atoms with Gasteiger partial charge in [-0.1, -0.05) is 0 Å². The van der Waals surface area contributed by atoms with Crippen LogP contribution in [0.5, 0.6) is 0 Å². The van der Waals surface area contributed by atoms with E-state index in [9.17, 15) is 27.2 Å². The van der Waals surface area contributed by atoms with Gasteiger partial charge in [-0.25, -0.2) is 4.39 Å². The Hall–Kier alpha value is -3.14. The molecule has 2 saturated heterocycles. The van der Waals surface area contributed by atoms with Gasteiger partial charge < -0.3 is 19.9 Å². The van der Waals surface area contributed by atoms with Crippen LogP contribution < -0.4 is 10.2 Å². The second-order valence-corrected chi connectivity index (χ2v) is 8.40. The first kappa shape index (κ1) is 24.0. The van der Waals surface area contributed by atoms with E-state index in [0.29, 0.717) is 63.6 Å². The molecule has 1 N–H and O–H groups in total. The SMILES string of the molecule is O=C(Nc1ccc(N2CCOCC2)c(F)c1)C1CCN(C(=O)c2ccc(C(F)(F)F)cc2)CC1. The van der Waals surface area contributed by atoms with Crippen molar-refractivity contribution < 1.29 is 31.9 Å². The van der Waals surface area contributed by atoms with Crippen LogP contribution in [0.15, 0.2) is 42.5 Å². The molecule has 10 heteroatoms. The van der Waals surface area contributed by atoms with Crippen LogP contribution in [0.25, 0.3) is 0 Å². The summed E-state index contributed by atoms with van der Waals surface area (Å²) in [5, 5.41) is 2.75. The van der Waals surface area contributed by atoms with Crippen molar-refractivity contribution >= 4 is 23.2 Å². The van der Waals surface area contributed by atoms with Crippen LogP contribution in [0.1, 0.15) is 28.8 Å². The molecular formula is C24H25F4N3O3. The third kappa shape index (κ3) is 5.49. The minimum atomic E-state index is -4.46. The molecule has 2 heterocycles. The topological polar surface area (TPSA) is 61.9 Å². The van der Waals surface area contributed by atoms with E-state index in [0.717, 1.165) is 12.1 Å². The fourth-order valence-electron chi connectivity index (χ4n) is 4.22. The van der Waals surface area contributed by atoms with Crippen molar-refractivity contribution in [1.29, 1.82) is 0 Å². The Balaban J connectivity index is 1.30. The van der Waals surface area contributed by atoms with Gasteiger partial charge in [0.05, 0.1) is 24.5 Å². The molecule has 6 nitrogen and oxygen atoms in total. The third-order valence-electron chi connectivity index (χ3n) is 6.18. The molecule has 34 heavy (non-hydrogen) atoms. The molecule has 2 aliphatic rings. The summed E-state index contributed by atoms with van der Waals surface area (Å²) >= 11 is 0. The lowest BCUT2D eigenvalue weighted by molar-refractivity contribution is -0.137. The number of nitrogens with one attached hydrogen (secondary N) is 1. The van der Waals surface area contributed by atoms with Crippen LogP contribution in [0.2, 0.25) is 0 Å². The number of carbonyl (C=O) groups is 2. The van der Waals surface area contributed by atoms with Gasteiger partial charge in [-0.15, -0.1) is 0 Å². The molecule has 2 fully saturated rings. The highest BCUT2D eigenvalue weighted by Gasteiger charge is 2.31. The van der Waals surface area contributed by atoms with E-state index in [1.165, 1.54) is 23.1 Å². The molecule has 2 amide bonds. The first-order valence-electron chi connectivity index (χ1n) is 11.1. The normalized spacial score (nSPS) is 17.5. The van der Waals surface area contributed by atoms with Crippen LogP contribution in [0, 0.1) is 11.7 Å². The number of carbonyl (C=O) groups excluding carboxylic acids is 2. The van der Waals surface area contributed by atoms with Gasteiger partial charge in [-0.3, -0.25) is 9.59 Å². The molecule has 2 aromatic carbocycles. The van der Waals surface area contributed by atoms with E-state index in [1.54, 1.807) is 12.1 Å². The zero-order valence-corrected chi connectivity index (χ0v) is 18.4. The maximum Gasteiger partial charge on any atom is 0.416 e. The standard InChI is InChI=1S/C24H25F4N3O3/c25-20-15-19(5-6-21(20)30-11-13-34-14-12-30)29-22(32)16-7-9-31(10-8-16)23(33)17-1-3-18(4-2-17)24(26,27)28/h1-6,15-16H,7-14H2,(H,29,32). The predicted octanol–water partition coefficient (Wildman–Crippen LogP) is 4.17. The second kappa shape index (κ2) is 10.0. The van der Waals surface area contributed by atoms with Crippen LogP contribution in [0.3, 0.4) is 0 Å². The lowest BCUT2D eigenvalue weighted by Crippen LogP contribution is -2.41. The Morgan fingerprint density at radius 2 is 1.59 bits per heavy atom. The summed E-state index contributed by atoms with van der Waals surface area (Å²) in [6, 6.07) is 8.70. The quantitative estimate of drug-likeness (QED) is 0.669. The van der Waals surface area contributed by atoms with E-state index in [1.807, 2.05) is 4.90 Å². The highest BCUT2D eigenvalue weighted by molar-refractivity contribution is 5.95. The number of rotatable bonds is 4. The van der Waals surface area contributed by atoms with Gasteiger partial charge >= 0.3 is 6.18 Å². The Kier molecular flexibility index (Phi) is 7.06. The van der Waals surface area contributed by atoms with Gasteiger partial charge in [0, 0.05) is 43.3 Å². The molecule has 2 aliphatic heterocycles. The van der Waals surface area contributed by atoms with Crippen molar-refractivity contribution in [2.45, 2.75) is 19.0 Å². The Bertz CT molecular complexity index is 1030. The number of nitrogens with zero attached hydrogens (tertiary/aromatic N) is 2. The van der Waals surface area contributed by atoms with E-state index in [4.69, 9.17) is 4.74 Å². The molecule has 0 bridgehead atoms. The maximum atomic E-state index is 14.6. The Morgan fingerprint density at radius 3 is 2.18 bits per heavy atom. The van der Waals surface area contributed by atoms with Gasteiger partial charge in [-0.2, -0.15) is 13.2 Å². The predicted molar refractivity (Wildman–Crippen MR) is 118 cm³/mol. The largest absolute Gasteiger partial charge is 0.416 e. The molecule has 0 saturated carbocycles. The van der Waals surface area contributed by atoms with E-state index in [2.05, 4.69) is 5.32 Å². The van der Waals surface area contributed by atoms with Crippen molar-refractivity contribution in [2.75, 3.05) is 49.6 Å². The van der Waals surface area contributed by atoms with Crippen LogP contribution in [-0.4, -0.2) is 56.1 Å². The van der Waals surface area contributed by atoms with Gasteiger partial charge in [0.1, 0.15) is 5.82 Å². The minimum Gasteiger partial charge on any atom is -0.378 e. The number of amides is 2. The number of halogens is 4. The summed E-state index contributed by atoms with van der Waals surface area (Å²) in [4.78, 5) is 28.7. The summed E-state index contributed by atoms with van der Waals surface area (Å²) in [6.45, 7) is 2.90. The third-order valence-corrected chi connectivity index (χ3v) is 6.18. The summed E-state index contributed by atoms with van der Waals surface area (Å²) < 4.78 is 58.0. The Labute approximate surface area is 194 Å². The molecule has 182 valence electrons. The smallest absolute Gasteiger partial charge is 0.378 e. The fourth-order valence-corrected chi connectivity index (χ4v) is 4.22. The van der Waals surface area contributed by atoms with Crippen molar-refractivity contribution in [1.82, 2.24) is 4.90 Å². The van der Waals surface area contributed by atoms with Crippen LogP contribution in [-0.2, 0) is 15.7 Å². The van der Waals surface area contributed by atoms with Crippen molar-refractivity contribution in [3.63, 3.8) is 0 Å². The van der Waals surface area contributed by atoms with Crippen molar-refractivity contribution in [3.8, 4) is 0 Å². The summed E-state index contributed by atoms with van der Waals surface area (Å²) in [5.74, 6) is -1.39. The van der Waals surface area contributed by atoms with Crippen molar-refractivity contribution in [2.24, 2.45) is 5.92 Å². The highest BCUT2D eigenvalue weighted by Crippen LogP contribution is 2.30. The van der Waals surface area contributed by atoms with Gasteiger partial charge in [0.2, 0.25) is 5.91 Å². The highest BCUT2D eigenvalue weighted by atomic mass is 19.4. The number of ether oxygens (including phenoxy) is 1. The first-order valence-corrected chi connectivity index (χ1v) is 11.1. The van der Waals surface area contributed by atoms with Gasteiger partial charge in [-0.05, 0) is 55.3 Å². The number of benzene rings is 2. The minimum absolute atomic E-state index is 0.173. The molecule has 0 atom stereocenters. The number of anilines is 2. The zero-order valence-electron chi connectivity index (χ0n) is 18.4. The van der Waals surface area contributed by atoms with E-state index < -0.39 is 17.6 Å². The average Bonchev–Trinajstić information content (AvgIpc) is 2.84. The Morgan fingerprint density at radius 1 is 0.941 bits per heavy atom. The van der Waals surface area contributed by atoms with E-state index >= 15 is 0 Å². The molecular weight excluding hydrogens is 454 g/mol. The molecule has 0 radical (unpaired) electrons. The lowest BCUT2D eigenvalue weighted by Gasteiger charge is -2.31. The fraction of sp³-hybridized carbons (Fsp3) is 0.417. The number of hydrogen-bond donors (Lipinski definition) is 1. The molecule has 2 aromatic rings. The van der Waals surface area contributed by atoms with Crippen LogP contribution in [0.4, 0.5) is 28.9 Å². The number of piperidine rings is 1. The van der Waals surface area contributed by atoms with Gasteiger partial charge in [0.15, 0.2) is 0 Å². The van der Waals surface area contributed by atoms with Crippen molar-refractivity contribution in [3.05, 3.63) is 59.4 Å². The number of likely N-dealkylation sites (tertiary alicyclic amines) is 1. The molecule has 0 aromatic heterocycles. The average molecular weight is 479 g/mol. The first-order chi connectivity index (χ1) is 16.2. The monoisotopic (exact) mass is 479 g/mol. The molecule has 4 rings (SSSR count). The number of hydrogen-bond acceptors (Lipinski definition) is 4. The molecule has 0 unspecified atom stereocenters. The number of alkyl halides is 3. The summed E-state index contributed by atoms with van der Waals surface area (Å²) in [5.41, 5.74) is 0.194.